The van der Waals surface area contributed by atoms with Crippen molar-refractivity contribution < 1.29 is 9.53 Å². The number of fused-ring (bicyclic) bond motifs is 1. The SMILES string of the molecule is CCCC[C@@H]1CN(C(=O)c2cc3ccccc3cn2)C[C@H](C(C)C)O1. The van der Waals surface area contributed by atoms with Crippen molar-refractivity contribution in [2.45, 2.75) is 52.2 Å². The highest BCUT2D eigenvalue weighted by molar-refractivity contribution is 5.96. The van der Waals surface area contributed by atoms with Gasteiger partial charge in [0.1, 0.15) is 5.69 Å². The quantitative estimate of drug-likeness (QED) is 0.815. The Morgan fingerprint density at radius 3 is 2.76 bits per heavy atom. The molecule has 0 N–H and O–H groups in total. The van der Waals surface area contributed by atoms with Gasteiger partial charge in [-0.05, 0) is 23.8 Å². The van der Waals surface area contributed by atoms with Crippen LogP contribution in [0.25, 0.3) is 10.8 Å². The third-order valence-electron chi connectivity index (χ3n) is 4.95. The monoisotopic (exact) mass is 340 g/mol. The molecule has 0 radical (unpaired) electrons. The summed E-state index contributed by atoms with van der Waals surface area (Å²) >= 11 is 0. The summed E-state index contributed by atoms with van der Waals surface area (Å²) in [4.78, 5) is 19.4. The average molecular weight is 340 g/mol. The van der Waals surface area contributed by atoms with Crippen LogP contribution in [0.3, 0.4) is 0 Å². The van der Waals surface area contributed by atoms with Crippen LogP contribution in [0.1, 0.15) is 50.5 Å². The summed E-state index contributed by atoms with van der Waals surface area (Å²) in [6.45, 7) is 7.81. The fourth-order valence-corrected chi connectivity index (χ4v) is 3.36. The van der Waals surface area contributed by atoms with E-state index in [1.54, 1.807) is 6.20 Å². The fraction of sp³-hybridized carbons (Fsp3) is 0.524. The molecular weight excluding hydrogens is 312 g/mol. The summed E-state index contributed by atoms with van der Waals surface area (Å²) in [5, 5.41) is 2.11. The maximum absolute atomic E-state index is 13.0. The zero-order valence-corrected chi connectivity index (χ0v) is 15.4. The molecule has 0 bridgehead atoms. The lowest BCUT2D eigenvalue weighted by atomic mass is 10.0. The van der Waals surface area contributed by atoms with Crippen molar-refractivity contribution >= 4 is 16.7 Å². The zero-order chi connectivity index (χ0) is 17.8. The molecule has 2 atom stereocenters. The van der Waals surface area contributed by atoms with Crippen molar-refractivity contribution in [2.24, 2.45) is 5.92 Å². The molecule has 0 unspecified atom stereocenters. The Morgan fingerprint density at radius 2 is 2.04 bits per heavy atom. The van der Waals surface area contributed by atoms with Crippen molar-refractivity contribution in [1.29, 1.82) is 0 Å². The molecule has 1 fully saturated rings. The number of hydrogen-bond donors (Lipinski definition) is 0. The first-order chi connectivity index (χ1) is 12.1. The summed E-state index contributed by atoms with van der Waals surface area (Å²) < 4.78 is 6.22. The molecule has 4 heteroatoms. The maximum Gasteiger partial charge on any atom is 0.272 e. The van der Waals surface area contributed by atoms with E-state index in [1.165, 1.54) is 0 Å². The molecule has 4 nitrogen and oxygen atoms in total. The van der Waals surface area contributed by atoms with Gasteiger partial charge in [-0.25, -0.2) is 0 Å². The van der Waals surface area contributed by atoms with Crippen molar-refractivity contribution in [3.8, 4) is 0 Å². The van der Waals surface area contributed by atoms with Gasteiger partial charge in [-0.15, -0.1) is 0 Å². The molecule has 1 aliphatic rings. The number of ether oxygens (including phenoxy) is 1. The minimum absolute atomic E-state index is 0.0150. The number of unbranched alkanes of at least 4 members (excludes halogenated alkanes) is 1. The molecule has 2 heterocycles. The Labute approximate surface area is 150 Å². The average Bonchev–Trinajstić information content (AvgIpc) is 2.65. The van der Waals surface area contributed by atoms with Crippen molar-refractivity contribution in [3.63, 3.8) is 0 Å². The van der Waals surface area contributed by atoms with Gasteiger partial charge in [0.2, 0.25) is 0 Å². The van der Waals surface area contributed by atoms with E-state index in [2.05, 4.69) is 25.8 Å². The number of aromatic nitrogens is 1. The number of morpholine rings is 1. The summed E-state index contributed by atoms with van der Waals surface area (Å²) in [5.74, 6) is 0.408. The molecular formula is C21H28N2O2. The number of pyridine rings is 1. The first kappa shape index (κ1) is 17.9. The van der Waals surface area contributed by atoms with Crippen LogP contribution in [0, 0.1) is 5.92 Å². The molecule has 1 amide bonds. The van der Waals surface area contributed by atoms with E-state index in [1.807, 2.05) is 35.2 Å². The zero-order valence-electron chi connectivity index (χ0n) is 15.4. The molecule has 1 aliphatic heterocycles. The molecule has 25 heavy (non-hydrogen) atoms. The van der Waals surface area contributed by atoms with Gasteiger partial charge >= 0.3 is 0 Å². The van der Waals surface area contributed by atoms with Gasteiger partial charge in [-0.2, -0.15) is 0 Å². The van der Waals surface area contributed by atoms with E-state index in [4.69, 9.17) is 4.74 Å². The number of nitrogens with zero attached hydrogens (tertiary/aromatic N) is 2. The second-order valence-corrected chi connectivity index (χ2v) is 7.31. The Balaban J connectivity index is 1.80. The number of carbonyl (C=O) groups excluding carboxylic acids is 1. The minimum Gasteiger partial charge on any atom is -0.371 e. The third-order valence-corrected chi connectivity index (χ3v) is 4.95. The van der Waals surface area contributed by atoms with Crippen LogP contribution in [0.4, 0.5) is 0 Å². The van der Waals surface area contributed by atoms with E-state index in [-0.39, 0.29) is 18.1 Å². The molecule has 0 saturated carbocycles. The predicted molar refractivity (Wildman–Crippen MR) is 101 cm³/mol. The largest absolute Gasteiger partial charge is 0.371 e. The highest BCUT2D eigenvalue weighted by Crippen LogP contribution is 2.23. The summed E-state index contributed by atoms with van der Waals surface area (Å²) in [7, 11) is 0. The maximum atomic E-state index is 13.0. The standard InChI is InChI=1S/C21H28N2O2/c1-4-5-10-18-13-23(14-20(25-18)15(2)3)21(24)19-11-16-8-6-7-9-17(16)12-22-19/h6-9,11-12,15,18,20H,4-5,10,13-14H2,1-3H3/t18-,20-/m1/s1. The number of carbonyl (C=O) groups is 1. The van der Waals surface area contributed by atoms with Crippen LogP contribution >= 0.6 is 0 Å². The molecule has 3 rings (SSSR count). The highest BCUT2D eigenvalue weighted by Gasteiger charge is 2.32. The molecule has 1 saturated heterocycles. The highest BCUT2D eigenvalue weighted by atomic mass is 16.5. The molecule has 0 aliphatic carbocycles. The van der Waals surface area contributed by atoms with E-state index in [0.29, 0.717) is 24.7 Å². The van der Waals surface area contributed by atoms with Gasteiger partial charge in [0.15, 0.2) is 0 Å². The first-order valence-electron chi connectivity index (χ1n) is 9.38. The van der Waals surface area contributed by atoms with Crippen LogP contribution in [0.15, 0.2) is 36.5 Å². The van der Waals surface area contributed by atoms with Crippen LogP contribution in [-0.2, 0) is 4.74 Å². The predicted octanol–water partition coefficient (Wildman–Crippen LogP) is 4.29. The Bertz CT molecular complexity index is 729. The van der Waals surface area contributed by atoms with Crippen LogP contribution in [0.2, 0.25) is 0 Å². The van der Waals surface area contributed by atoms with Crippen LogP contribution in [-0.4, -0.2) is 41.1 Å². The van der Waals surface area contributed by atoms with E-state index in [9.17, 15) is 4.79 Å². The second-order valence-electron chi connectivity index (χ2n) is 7.31. The number of benzene rings is 1. The first-order valence-corrected chi connectivity index (χ1v) is 9.38. The minimum atomic E-state index is 0.0150. The van der Waals surface area contributed by atoms with Crippen LogP contribution in [0.5, 0.6) is 0 Å². The third kappa shape index (κ3) is 4.18. The fourth-order valence-electron chi connectivity index (χ4n) is 3.36. The lowest BCUT2D eigenvalue weighted by Crippen LogP contribution is -2.51. The molecule has 134 valence electrons. The smallest absolute Gasteiger partial charge is 0.272 e. The summed E-state index contributed by atoms with van der Waals surface area (Å²) in [5.41, 5.74) is 0.525. The Morgan fingerprint density at radius 1 is 1.28 bits per heavy atom. The molecule has 1 aromatic heterocycles. The van der Waals surface area contributed by atoms with Gasteiger partial charge in [-0.1, -0.05) is 57.9 Å². The van der Waals surface area contributed by atoms with Gasteiger partial charge in [0.05, 0.1) is 12.2 Å². The molecule has 2 aromatic rings. The lowest BCUT2D eigenvalue weighted by molar-refractivity contribution is -0.0963. The second kappa shape index (κ2) is 7.96. The van der Waals surface area contributed by atoms with Gasteiger partial charge in [0.25, 0.3) is 5.91 Å². The Kier molecular flexibility index (Phi) is 5.69. The van der Waals surface area contributed by atoms with Crippen molar-refractivity contribution in [1.82, 2.24) is 9.88 Å². The lowest BCUT2D eigenvalue weighted by Gasteiger charge is -2.39. The van der Waals surface area contributed by atoms with E-state index < -0.39 is 0 Å². The number of hydrogen-bond acceptors (Lipinski definition) is 3. The Hall–Kier alpha value is -1.94. The van der Waals surface area contributed by atoms with Crippen molar-refractivity contribution in [2.75, 3.05) is 13.1 Å². The summed E-state index contributed by atoms with van der Waals surface area (Å²) in [6, 6.07) is 9.91. The number of rotatable bonds is 5. The van der Waals surface area contributed by atoms with E-state index >= 15 is 0 Å². The van der Waals surface area contributed by atoms with Crippen LogP contribution < -0.4 is 0 Å². The van der Waals surface area contributed by atoms with Gasteiger partial charge < -0.3 is 9.64 Å². The summed E-state index contributed by atoms with van der Waals surface area (Å²) in [6.07, 6.45) is 5.30. The topological polar surface area (TPSA) is 42.4 Å². The molecule has 1 aromatic carbocycles. The van der Waals surface area contributed by atoms with Gasteiger partial charge in [0, 0.05) is 24.7 Å². The van der Waals surface area contributed by atoms with E-state index in [0.717, 1.165) is 30.0 Å². The molecule has 0 spiro atoms. The number of amides is 1. The van der Waals surface area contributed by atoms with Gasteiger partial charge in [-0.3, -0.25) is 9.78 Å². The normalized spacial score (nSPS) is 21.0. The van der Waals surface area contributed by atoms with Crippen molar-refractivity contribution in [3.05, 3.63) is 42.2 Å².